The molecule has 92 valence electrons. The second-order valence-electron chi connectivity index (χ2n) is 4.54. The molecule has 5 nitrogen and oxygen atoms in total. The van der Waals surface area contributed by atoms with Crippen LogP contribution in [0.25, 0.3) is 0 Å². The molecule has 0 spiro atoms. The van der Waals surface area contributed by atoms with Crippen LogP contribution in [0.4, 0.5) is 0 Å². The van der Waals surface area contributed by atoms with E-state index in [-0.39, 0.29) is 29.3 Å². The number of carbonyl (C=O) groups is 2. The number of hydrogen-bond acceptors (Lipinski definition) is 3. The predicted molar refractivity (Wildman–Crippen MR) is 60.0 cm³/mol. The van der Waals surface area contributed by atoms with Gasteiger partial charge in [0.2, 0.25) is 0 Å². The summed E-state index contributed by atoms with van der Waals surface area (Å²) in [5, 5.41) is 8.76. The Bertz CT molecular complexity index is 443. The molecule has 1 aliphatic carbocycles. The number of aromatic carboxylic acids is 1. The van der Waals surface area contributed by atoms with Crippen molar-refractivity contribution in [2.24, 2.45) is 0 Å². The Morgan fingerprint density at radius 2 is 2.12 bits per heavy atom. The first-order chi connectivity index (χ1) is 8.00. The standard InChI is InChI=1S/C12H15NO4/c1-7(2)13(9-3-4-9)11(14)10-5-8(6-17-10)12(15)16/h5-7,9H,3-4H2,1-2H3,(H,15,16). The molecule has 0 bridgehead atoms. The fourth-order valence-electron chi connectivity index (χ4n) is 1.86. The van der Waals surface area contributed by atoms with E-state index in [9.17, 15) is 9.59 Å². The van der Waals surface area contributed by atoms with Crippen molar-refractivity contribution in [3.63, 3.8) is 0 Å². The topological polar surface area (TPSA) is 70.8 Å². The fourth-order valence-corrected chi connectivity index (χ4v) is 1.86. The van der Waals surface area contributed by atoms with Crippen LogP contribution in [0, 0.1) is 0 Å². The number of carboxylic acids is 1. The lowest BCUT2D eigenvalue weighted by Gasteiger charge is -2.25. The van der Waals surface area contributed by atoms with Gasteiger partial charge in [-0.05, 0) is 26.7 Å². The molecule has 1 heterocycles. The molecule has 1 aliphatic rings. The highest BCUT2D eigenvalue weighted by Crippen LogP contribution is 2.30. The molecule has 0 aromatic carbocycles. The maximum Gasteiger partial charge on any atom is 0.338 e. The SMILES string of the molecule is CC(C)N(C(=O)c1cc(C(=O)O)co1)C1CC1. The van der Waals surface area contributed by atoms with E-state index in [1.165, 1.54) is 6.07 Å². The summed E-state index contributed by atoms with van der Waals surface area (Å²) < 4.78 is 5.02. The number of hydrogen-bond donors (Lipinski definition) is 1. The zero-order valence-electron chi connectivity index (χ0n) is 9.84. The molecule has 0 aliphatic heterocycles. The van der Waals surface area contributed by atoms with E-state index in [1.54, 1.807) is 4.90 Å². The summed E-state index contributed by atoms with van der Waals surface area (Å²) in [4.78, 5) is 24.6. The molecule has 1 amide bonds. The van der Waals surface area contributed by atoms with Crippen LogP contribution in [0.3, 0.4) is 0 Å². The van der Waals surface area contributed by atoms with Crippen molar-refractivity contribution >= 4 is 11.9 Å². The largest absolute Gasteiger partial charge is 0.478 e. The van der Waals surface area contributed by atoms with Crippen molar-refractivity contribution in [2.45, 2.75) is 38.8 Å². The molecule has 1 aromatic rings. The van der Waals surface area contributed by atoms with Crippen molar-refractivity contribution < 1.29 is 19.1 Å². The maximum absolute atomic E-state index is 12.1. The number of amides is 1. The van der Waals surface area contributed by atoms with E-state index >= 15 is 0 Å². The highest BCUT2D eigenvalue weighted by Gasteiger charge is 2.36. The summed E-state index contributed by atoms with van der Waals surface area (Å²) in [6, 6.07) is 1.65. The lowest BCUT2D eigenvalue weighted by Crippen LogP contribution is -2.38. The normalized spacial score (nSPS) is 15.0. The van der Waals surface area contributed by atoms with Crippen molar-refractivity contribution in [3.05, 3.63) is 23.7 Å². The molecular formula is C12H15NO4. The van der Waals surface area contributed by atoms with Gasteiger partial charge in [-0.25, -0.2) is 4.79 Å². The second kappa shape index (κ2) is 4.24. The third-order valence-corrected chi connectivity index (χ3v) is 2.79. The summed E-state index contributed by atoms with van der Waals surface area (Å²) in [6.07, 6.45) is 3.12. The lowest BCUT2D eigenvalue weighted by atomic mass is 10.2. The third-order valence-electron chi connectivity index (χ3n) is 2.79. The molecule has 1 saturated carbocycles. The summed E-state index contributed by atoms with van der Waals surface area (Å²) in [6.45, 7) is 3.88. The fraction of sp³-hybridized carbons (Fsp3) is 0.500. The number of nitrogens with zero attached hydrogens (tertiary/aromatic N) is 1. The summed E-state index contributed by atoms with van der Waals surface area (Å²) in [5.74, 6) is -1.21. The van der Waals surface area contributed by atoms with Gasteiger partial charge in [0.1, 0.15) is 6.26 Å². The molecule has 0 saturated heterocycles. The molecule has 2 rings (SSSR count). The van der Waals surface area contributed by atoms with Crippen LogP contribution in [0.5, 0.6) is 0 Å². The number of carbonyl (C=O) groups excluding carboxylic acids is 1. The van der Waals surface area contributed by atoms with Gasteiger partial charge in [0, 0.05) is 18.2 Å². The van der Waals surface area contributed by atoms with Gasteiger partial charge in [-0.15, -0.1) is 0 Å². The van der Waals surface area contributed by atoms with E-state index in [4.69, 9.17) is 9.52 Å². The average Bonchev–Trinajstić information content (AvgIpc) is 2.94. The first-order valence-corrected chi connectivity index (χ1v) is 5.65. The maximum atomic E-state index is 12.1. The number of rotatable bonds is 4. The van der Waals surface area contributed by atoms with Gasteiger partial charge in [0.25, 0.3) is 5.91 Å². The molecule has 0 radical (unpaired) electrons. The van der Waals surface area contributed by atoms with E-state index in [0.717, 1.165) is 19.1 Å². The quantitative estimate of drug-likeness (QED) is 0.869. The summed E-state index contributed by atoms with van der Waals surface area (Å²) >= 11 is 0. The summed E-state index contributed by atoms with van der Waals surface area (Å²) in [7, 11) is 0. The molecule has 1 fully saturated rings. The van der Waals surface area contributed by atoms with Crippen LogP contribution in [0.2, 0.25) is 0 Å². The highest BCUT2D eigenvalue weighted by molar-refractivity contribution is 5.95. The van der Waals surface area contributed by atoms with Gasteiger partial charge in [-0.1, -0.05) is 0 Å². The molecular weight excluding hydrogens is 222 g/mol. The van der Waals surface area contributed by atoms with Crippen LogP contribution in [-0.4, -0.2) is 34.0 Å². The van der Waals surface area contributed by atoms with E-state index in [1.807, 2.05) is 13.8 Å². The van der Waals surface area contributed by atoms with Crippen molar-refractivity contribution in [1.82, 2.24) is 4.90 Å². The van der Waals surface area contributed by atoms with Gasteiger partial charge in [-0.2, -0.15) is 0 Å². The van der Waals surface area contributed by atoms with E-state index in [2.05, 4.69) is 0 Å². The van der Waals surface area contributed by atoms with Crippen LogP contribution in [0.15, 0.2) is 16.7 Å². The van der Waals surface area contributed by atoms with Gasteiger partial charge >= 0.3 is 5.97 Å². The van der Waals surface area contributed by atoms with Crippen molar-refractivity contribution in [2.75, 3.05) is 0 Å². The van der Waals surface area contributed by atoms with Gasteiger partial charge in [0.15, 0.2) is 5.76 Å². The summed E-state index contributed by atoms with van der Waals surface area (Å²) in [5.41, 5.74) is 0.00727. The Morgan fingerprint density at radius 1 is 1.47 bits per heavy atom. The van der Waals surface area contributed by atoms with Gasteiger partial charge in [-0.3, -0.25) is 4.79 Å². The molecule has 17 heavy (non-hydrogen) atoms. The zero-order valence-corrected chi connectivity index (χ0v) is 9.84. The minimum absolute atomic E-state index is 0.00727. The van der Waals surface area contributed by atoms with Gasteiger partial charge in [0.05, 0.1) is 5.56 Å². The van der Waals surface area contributed by atoms with E-state index in [0.29, 0.717) is 0 Å². The van der Waals surface area contributed by atoms with Crippen LogP contribution in [-0.2, 0) is 0 Å². The number of carboxylic acid groups (broad SMARTS) is 1. The Morgan fingerprint density at radius 3 is 2.53 bits per heavy atom. The molecule has 0 unspecified atom stereocenters. The predicted octanol–water partition coefficient (Wildman–Crippen LogP) is 1.99. The Labute approximate surface area is 99.0 Å². The van der Waals surface area contributed by atoms with Crippen molar-refractivity contribution in [3.8, 4) is 0 Å². The average molecular weight is 237 g/mol. The third kappa shape index (κ3) is 2.33. The van der Waals surface area contributed by atoms with Crippen molar-refractivity contribution in [1.29, 1.82) is 0 Å². The van der Waals surface area contributed by atoms with Crippen LogP contribution >= 0.6 is 0 Å². The Hall–Kier alpha value is -1.78. The van der Waals surface area contributed by atoms with Crippen LogP contribution < -0.4 is 0 Å². The first-order valence-electron chi connectivity index (χ1n) is 5.65. The molecule has 5 heteroatoms. The number of furan rings is 1. The first kappa shape index (κ1) is 11.7. The Kier molecular flexibility index (Phi) is 2.92. The van der Waals surface area contributed by atoms with E-state index < -0.39 is 5.97 Å². The van der Waals surface area contributed by atoms with Gasteiger partial charge < -0.3 is 14.4 Å². The monoisotopic (exact) mass is 237 g/mol. The lowest BCUT2D eigenvalue weighted by molar-refractivity contribution is 0.0655. The minimum Gasteiger partial charge on any atom is -0.478 e. The molecule has 1 N–H and O–H groups in total. The molecule has 0 atom stereocenters. The Balaban J connectivity index is 2.19. The molecule has 1 aromatic heterocycles. The minimum atomic E-state index is -1.09. The second-order valence-corrected chi connectivity index (χ2v) is 4.54. The smallest absolute Gasteiger partial charge is 0.338 e. The zero-order chi connectivity index (χ0) is 12.6. The highest BCUT2D eigenvalue weighted by atomic mass is 16.4. The van der Waals surface area contributed by atoms with Crippen LogP contribution in [0.1, 0.15) is 47.6 Å².